The normalized spacial score (nSPS) is 13.0. The summed E-state index contributed by atoms with van der Waals surface area (Å²) >= 11 is 0. The molecule has 1 aromatic heterocycles. The average Bonchev–Trinajstić information content (AvgIpc) is 3.24. The van der Waals surface area contributed by atoms with E-state index < -0.39 is 5.97 Å². The fourth-order valence-corrected chi connectivity index (χ4v) is 3.90. The van der Waals surface area contributed by atoms with Gasteiger partial charge in [-0.1, -0.05) is 30.3 Å². The van der Waals surface area contributed by atoms with Crippen LogP contribution in [0, 0.1) is 0 Å². The van der Waals surface area contributed by atoms with Crippen LogP contribution in [0.25, 0.3) is 10.9 Å². The van der Waals surface area contributed by atoms with E-state index in [0.717, 1.165) is 30.2 Å². The fraction of sp³-hybridized carbons (Fsp3) is 0.238. The lowest BCUT2D eigenvalue weighted by Crippen LogP contribution is -2.09. The second-order valence-corrected chi connectivity index (χ2v) is 6.44. The summed E-state index contributed by atoms with van der Waals surface area (Å²) < 4.78 is 7.06. The molecule has 0 saturated heterocycles. The molecule has 0 bridgehead atoms. The Morgan fingerprint density at radius 1 is 1.04 bits per heavy atom. The van der Waals surface area contributed by atoms with Crippen molar-refractivity contribution in [3.63, 3.8) is 0 Å². The van der Waals surface area contributed by atoms with Gasteiger partial charge in [-0.15, -0.1) is 0 Å². The van der Waals surface area contributed by atoms with E-state index >= 15 is 0 Å². The molecular formula is C21H19NO3. The highest BCUT2D eigenvalue weighted by molar-refractivity contribution is 6.14. The molecular weight excluding hydrogens is 314 g/mol. The molecule has 2 aromatic carbocycles. The number of carbonyl (C=O) groups excluding carboxylic acids is 2. The van der Waals surface area contributed by atoms with E-state index in [-0.39, 0.29) is 5.78 Å². The second kappa shape index (κ2) is 5.88. The third-order valence-electron chi connectivity index (χ3n) is 5.07. The van der Waals surface area contributed by atoms with Gasteiger partial charge in [0.05, 0.1) is 18.2 Å². The van der Waals surface area contributed by atoms with Crippen LogP contribution in [0.2, 0.25) is 0 Å². The monoisotopic (exact) mass is 333 g/mol. The van der Waals surface area contributed by atoms with Crippen molar-refractivity contribution in [3.05, 3.63) is 70.4 Å². The number of aromatic nitrogens is 1. The van der Waals surface area contributed by atoms with Gasteiger partial charge in [-0.3, -0.25) is 4.79 Å². The first-order valence-electron chi connectivity index (χ1n) is 8.44. The van der Waals surface area contributed by atoms with Gasteiger partial charge >= 0.3 is 5.97 Å². The summed E-state index contributed by atoms with van der Waals surface area (Å²) in [5.74, 6) is -0.491. The Morgan fingerprint density at radius 2 is 1.80 bits per heavy atom. The first-order valence-corrected chi connectivity index (χ1v) is 8.44. The van der Waals surface area contributed by atoms with Crippen molar-refractivity contribution in [1.82, 2.24) is 4.57 Å². The van der Waals surface area contributed by atoms with E-state index in [1.165, 1.54) is 18.4 Å². The zero-order valence-corrected chi connectivity index (χ0v) is 14.3. The van der Waals surface area contributed by atoms with Gasteiger partial charge in [-0.2, -0.15) is 0 Å². The van der Waals surface area contributed by atoms with Crippen LogP contribution in [0.15, 0.2) is 42.5 Å². The number of fused-ring (bicyclic) bond motifs is 3. The Hall–Kier alpha value is -2.88. The highest BCUT2D eigenvalue weighted by Gasteiger charge is 2.26. The van der Waals surface area contributed by atoms with Crippen molar-refractivity contribution in [1.29, 1.82) is 0 Å². The summed E-state index contributed by atoms with van der Waals surface area (Å²) in [5.41, 5.74) is 4.97. The van der Waals surface area contributed by atoms with Gasteiger partial charge in [0.15, 0.2) is 5.78 Å². The maximum atomic E-state index is 12.9. The number of methoxy groups -OCH3 is 1. The molecule has 0 saturated carbocycles. The van der Waals surface area contributed by atoms with E-state index in [9.17, 15) is 9.59 Å². The summed E-state index contributed by atoms with van der Waals surface area (Å²) in [6.07, 6.45) is 3.10. The number of ketones is 1. The Balaban J connectivity index is 1.98. The molecule has 1 aliphatic rings. The summed E-state index contributed by atoms with van der Waals surface area (Å²) in [4.78, 5) is 25.3. The highest BCUT2D eigenvalue weighted by atomic mass is 16.5. The van der Waals surface area contributed by atoms with Gasteiger partial charge < -0.3 is 9.30 Å². The summed E-state index contributed by atoms with van der Waals surface area (Å²) in [7, 11) is 3.36. The number of carbonyl (C=O) groups is 2. The van der Waals surface area contributed by atoms with Gasteiger partial charge in [0.2, 0.25) is 0 Å². The minimum Gasteiger partial charge on any atom is -0.465 e. The van der Waals surface area contributed by atoms with Crippen molar-refractivity contribution >= 4 is 22.7 Å². The van der Waals surface area contributed by atoms with E-state index in [1.807, 2.05) is 31.3 Å². The van der Waals surface area contributed by atoms with Crippen LogP contribution in [-0.4, -0.2) is 23.4 Å². The number of ether oxygens (including phenoxy) is 1. The summed E-state index contributed by atoms with van der Waals surface area (Å²) in [6.45, 7) is 0. The van der Waals surface area contributed by atoms with Gasteiger partial charge in [0.25, 0.3) is 0 Å². The van der Waals surface area contributed by atoms with E-state index in [0.29, 0.717) is 16.7 Å². The molecule has 25 heavy (non-hydrogen) atoms. The number of hydrogen-bond acceptors (Lipinski definition) is 3. The summed E-state index contributed by atoms with van der Waals surface area (Å²) in [5, 5.41) is 0.997. The Morgan fingerprint density at radius 3 is 2.52 bits per heavy atom. The van der Waals surface area contributed by atoms with Crippen molar-refractivity contribution < 1.29 is 14.3 Å². The zero-order chi connectivity index (χ0) is 17.6. The Labute approximate surface area is 146 Å². The van der Waals surface area contributed by atoms with Crippen molar-refractivity contribution in [3.8, 4) is 0 Å². The van der Waals surface area contributed by atoms with Gasteiger partial charge in [-0.25, -0.2) is 4.79 Å². The van der Waals surface area contributed by atoms with Crippen LogP contribution in [-0.2, 0) is 24.6 Å². The molecule has 1 aliphatic carbocycles. The van der Waals surface area contributed by atoms with Crippen LogP contribution in [0.1, 0.15) is 44.0 Å². The van der Waals surface area contributed by atoms with Crippen LogP contribution in [0.5, 0.6) is 0 Å². The molecule has 0 aliphatic heterocycles. The third kappa shape index (κ3) is 2.37. The lowest BCUT2D eigenvalue weighted by atomic mass is 9.97. The molecule has 3 aromatic rings. The smallest absolute Gasteiger partial charge is 0.340 e. The molecule has 0 unspecified atom stereocenters. The fourth-order valence-electron chi connectivity index (χ4n) is 3.90. The van der Waals surface area contributed by atoms with Crippen molar-refractivity contribution in [2.75, 3.05) is 7.11 Å². The van der Waals surface area contributed by atoms with Gasteiger partial charge in [-0.05, 0) is 37.0 Å². The maximum Gasteiger partial charge on any atom is 0.340 e. The molecule has 0 atom stereocenters. The van der Waals surface area contributed by atoms with Crippen LogP contribution >= 0.6 is 0 Å². The minimum atomic E-state index is -0.410. The highest BCUT2D eigenvalue weighted by Crippen LogP contribution is 2.35. The van der Waals surface area contributed by atoms with E-state index in [2.05, 4.69) is 4.57 Å². The van der Waals surface area contributed by atoms with Crippen LogP contribution in [0.3, 0.4) is 0 Å². The average molecular weight is 333 g/mol. The number of rotatable bonds is 3. The molecule has 4 nitrogen and oxygen atoms in total. The van der Waals surface area contributed by atoms with E-state index in [4.69, 9.17) is 4.74 Å². The molecule has 0 spiro atoms. The van der Waals surface area contributed by atoms with Gasteiger partial charge in [0.1, 0.15) is 0 Å². The number of aryl methyl sites for hydroxylation is 2. The lowest BCUT2D eigenvalue weighted by Gasteiger charge is -2.09. The van der Waals surface area contributed by atoms with Crippen molar-refractivity contribution in [2.24, 2.45) is 7.05 Å². The third-order valence-corrected chi connectivity index (χ3v) is 5.07. The Bertz CT molecular complexity index is 999. The number of benzene rings is 2. The lowest BCUT2D eigenvalue weighted by molar-refractivity contribution is 0.0602. The number of esters is 1. The molecule has 4 rings (SSSR count). The first-order chi connectivity index (χ1) is 12.1. The molecule has 126 valence electrons. The SMILES string of the molecule is COC(=O)c1cc(C(=O)c2ccccc2)cc2c3c(n(C)c12)CCC3. The molecule has 0 radical (unpaired) electrons. The zero-order valence-electron chi connectivity index (χ0n) is 14.3. The van der Waals surface area contributed by atoms with Gasteiger partial charge in [0, 0.05) is 29.3 Å². The minimum absolute atomic E-state index is 0.0803. The molecule has 4 heteroatoms. The van der Waals surface area contributed by atoms with Crippen molar-refractivity contribution in [2.45, 2.75) is 19.3 Å². The largest absolute Gasteiger partial charge is 0.465 e. The first kappa shape index (κ1) is 15.6. The van der Waals surface area contributed by atoms with Crippen LogP contribution < -0.4 is 0 Å². The topological polar surface area (TPSA) is 48.3 Å². The molecule has 0 amide bonds. The quantitative estimate of drug-likeness (QED) is 0.542. The molecule has 0 N–H and O–H groups in total. The maximum absolute atomic E-state index is 12.9. The summed E-state index contributed by atoms with van der Waals surface area (Å²) in [6, 6.07) is 12.7. The predicted molar refractivity (Wildman–Crippen MR) is 96.2 cm³/mol. The number of nitrogens with zero attached hydrogens (tertiary/aromatic N) is 1. The van der Waals surface area contributed by atoms with E-state index in [1.54, 1.807) is 18.2 Å². The standard InChI is InChI=1S/C21H19NO3/c1-22-18-10-6-9-15(18)16-11-14(12-17(19(16)22)21(24)25-2)20(23)13-7-4-3-5-8-13/h3-5,7-8,11-12H,6,9-10H2,1-2H3. The molecule has 0 fully saturated rings. The van der Waals surface area contributed by atoms with Crippen LogP contribution in [0.4, 0.5) is 0 Å². The molecule has 1 heterocycles. The second-order valence-electron chi connectivity index (χ2n) is 6.44. The Kier molecular flexibility index (Phi) is 3.68. The number of hydrogen-bond donors (Lipinski definition) is 0. The predicted octanol–water partition coefficient (Wildman–Crippen LogP) is 3.68.